The minimum absolute atomic E-state index is 0.100. The summed E-state index contributed by atoms with van der Waals surface area (Å²) >= 11 is 6.26. The maximum atomic E-state index is 10.8. The molecular weight excluding hydrogens is 316 g/mol. The second-order valence-electron chi connectivity index (χ2n) is 6.17. The van der Waals surface area contributed by atoms with Crippen LogP contribution in [0.3, 0.4) is 0 Å². The van der Waals surface area contributed by atoms with Gasteiger partial charge in [-0.25, -0.2) is 0 Å². The lowest BCUT2D eigenvalue weighted by molar-refractivity contribution is -0.138. The van der Waals surface area contributed by atoms with E-state index < -0.39 is 5.97 Å². The number of likely N-dealkylation sites (N-methyl/N-ethyl adjacent to an activating group) is 1. The molecular formula is C17H21ClN2O3. The van der Waals surface area contributed by atoms with Crippen molar-refractivity contribution in [2.24, 2.45) is 0 Å². The Morgan fingerprint density at radius 3 is 2.78 bits per heavy atom. The second kappa shape index (κ2) is 6.91. The van der Waals surface area contributed by atoms with Crippen LogP contribution in [0.5, 0.6) is 0 Å². The van der Waals surface area contributed by atoms with Crippen LogP contribution in [-0.2, 0) is 11.3 Å². The molecule has 0 saturated carbocycles. The first kappa shape index (κ1) is 16.3. The summed E-state index contributed by atoms with van der Waals surface area (Å²) in [5, 5.41) is 10.4. The van der Waals surface area contributed by atoms with Crippen molar-refractivity contribution in [3.63, 3.8) is 0 Å². The van der Waals surface area contributed by atoms with Crippen LogP contribution in [0.2, 0.25) is 5.22 Å². The molecule has 2 heterocycles. The third-order valence-electron chi connectivity index (χ3n) is 4.60. The zero-order chi connectivity index (χ0) is 16.4. The number of furan rings is 1. The Kier molecular flexibility index (Phi) is 4.90. The molecule has 1 aromatic carbocycles. The van der Waals surface area contributed by atoms with Crippen molar-refractivity contribution in [2.75, 3.05) is 26.7 Å². The van der Waals surface area contributed by atoms with Gasteiger partial charge in [-0.3, -0.25) is 14.6 Å². The van der Waals surface area contributed by atoms with Crippen molar-refractivity contribution < 1.29 is 14.3 Å². The van der Waals surface area contributed by atoms with Crippen LogP contribution in [0, 0.1) is 0 Å². The predicted molar refractivity (Wildman–Crippen MR) is 89.8 cm³/mol. The van der Waals surface area contributed by atoms with Gasteiger partial charge in [0, 0.05) is 23.5 Å². The van der Waals surface area contributed by atoms with Crippen LogP contribution in [0.25, 0.3) is 11.0 Å². The predicted octanol–water partition coefficient (Wildman–Crippen LogP) is 3.07. The number of piperidine rings is 1. The van der Waals surface area contributed by atoms with Crippen molar-refractivity contribution in [1.29, 1.82) is 0 Å². The third-order valence-corrected chi connectivity index (χ3v) is 4.90. The number of benzene rings is 1. The van der Waals surface area contributed by atoms with Gasteiger partial charge in [-0.15, -0.1) is 0 Å². The van der Waals surface area contributed by atoms with Gasteiger partial charge in [0.25, 0.3) is 0 Å². The zero-order valence-electron chi connectivity index (χ0n) is 13.2. The van der Waals surface area contributed by atoms with E-state index in [1.165, 1.54) is 0 Å². The number of hydrogen-bond acceptors (Lipinski definition) is 4. The molecule has 0 aliphatic carbocycles. The van der Waals surface area contributed by atoms with Gasteiger partial charge in [-0.05, 0) is 50.6 Å². The number of para-hydroxylation sites is 1. The number of rotatable bonds is 5. The summed E-state index contributed by atoms with van der Waals surface area (Å²) in [7, 11) is 1.88. The minimum Gasteiger partial charge on any atom is -0.480 e. The van der Waals surface area contributed by atoms with Crippen molar-refractivity contribution >= 4 is 28.5 Å². The molecule has 1 aliphatic rings. The molecule has 124 valence electrons. The van der Waals surface area contributed by atoms with E-state index in [9.17, 15) is 4.79 Å². The van der Waals surface area contributed by atoms with E-state index in [-0.39, 0.29) is 6.54 Å². The fourth-order valence-corrected chi connectivity index (χ4v) is 3.55. The number of likely N-dealkylation sites (tertiary alicyclic amines) is 1. The zero-order valence-corrected chi connectivity index (χ0v) is 13.9. The van der Waals surface area contributed by atoms with E-state index in [1.54, 1.807) is 0 Å². The largest absolute Gasteiger partial charge is 0.480 e. The number of carboxylic acid groups (broad SMARTS) is 1. The average Bonchev–Trinajstić information content (AvgIpc) is 2.83. The molecule has 1 N–H and O–H groups in total. The van der Waals surface area contributed by atoms with Crippen molar-refractivity contribution in [2.45, 2.75) is 25.4 Å². The topological polar surface area (TPSA) is 56.9 Å². The molecule has 5 nitrogen and oxygen atoms in total. The quantitative estimate of drug-likeness (QED) is 0.909. The van der Waals surface area contributed by atoms with E-state index in [1.807, 2.05) is 36.2 Å². The molecule has 0 radical (unpaired) electrons. The van der Waals surface area contributed by atoms with Gasteiger partial charge < -0.3 is 9.52 Å². The summed E-state index contributed by atoms with van der Waals surface area (Å²) in [5.74, 6) is -0.772. The van der Waals surface area contributed by atoms with E-state index in [2.05, 4.69) is 4.90 Å². The Morgan fingerprint density at radius 1 is 1.39 bits per heavy atom. The highest BCUT2D eigenvalue weighted by Gasteiger charge is 2.25. The fourth-order valence-electron chi connectivity index (χ4n) is 3.30. The highest BCUT2D eigenvalue weighted by Crippen LogP contribution is 2.31. The average molecular weight is 337 g/mol. The minimum atomic E-state index is -0.772. The van der Waals surface area contributed by atoms with Crippen LogP contribution in [0.4, 0.5) is 0 Å². The summed E-state index contributed by atoms with van der Waals surface area (Å²) in [6.07, 6.45) is 1.94. The molecule has 23 heavy (non-hydrogen) atoms. The standard InChI is InChI=1S/C17H21ClN2O3/c1-19(11-16(21)22)12-6-8-20(9-7-12)10-14-13-4-2-3-5-15(13)23-17(14)18/h2-5,12H,6-11H2,1H3,(H,21,22). The Labute approximate surface area is 140 Å². The molecule has 0 unspecified atom stereocenters. The number of nitrogens with zero attached hydrogens (tertiary/aromatic N) is 2. The first-order valence-corrected chi connectivity index (χ1v) is 8.22. The first-order chi connectivity index (χ1) is 11.0. The molecule has 2 aromatic rings. The molecule has 1 aromatic heterocycles. The van der Waals surface area contributed by atoms with Gasteiger partial charge in [-0.1, -0.05) is 18.2 Å². The highest BCUT2D eigenvalue weighted by atomic mass is 35.5. The number of carbonyl (C=O) groups is 1. The fraction of sp³-hybridized carbons (Fsp3) is 0.471. The van der Waals surface area contributed by atoms with Crippen LogP contribution in [0.15, 0.2) is 28.7 Å². The molecule has 3 rings (SSSR count). The Balaban J connectivity index is 1.62. The molecule has 1 saturated heterocycles. The summed E-state index contributed by atoms with van der Waals surface area (Å²) in [6.45, 7) is 2.74. The SMILES string of the molecule is CN(CC(=O)O)C1CCN(Cc2c(Cl)oc3ccccc23)CC1. The van der Waals surface area contributed by atoms with Crippen molar-refractivity contribution in [1.82, 2.24) is 9.80 Å². The number of carboxylic acids is 1. The summed E-state index contributed by atoms with van der Waals surface area (Å²) in [5.41, 5.74) is 1.86. The monoisotopic (exact) mass is 336 g/mol. The van der Waals surface area contributed by atoms with Gasteiger partial charge in [-0.2, -0.15) is 0 Å². The van der Waals surface area contributed by atoms with Gasteiger partial charge in [0.2, 0.25) is 0 Å². The van der Waals surface area contributed by atoms with Gasteiger partial charge in [0.1, 0.15) is 5.58 Å². The lowest BCUT2D eigenvalue weighted by atomic mass is 10.0. The van der Waals surface area contributed by atoms with Crippen molar-refractivity contribution in [3.8, 4) is 0 Å². The first-order valence-electron chi connectivity index (χ1n) is 7.85. The molecule has 0 spiro atoms. The van der Waals surface area contributed by atoms with Crippen LogP contribution < -0.4 is 0 Å². The smallest absolute Gasteiger partial charge is 0.317 e. The number of halogens is 1. The number of aliphatic carboxylic acids is 1. The normalized spacial score (nSPS) is 17.2. The van der Waals surface area contributed by atoms with E-state index in [4.69, 9.17) is 21.1 Å². The molecule has 6 heteroatoms. The third kappa shape index (κ3) is 3.68. The summed E-state index contributed by atoms with van der Waals surface area (Å²) < 4.78 is 5.61. The highest BCUT2D eigenvalue weighted by molar-refractivity contribution is 6.30. The van der Waals surface area contributed by atoms with Crippen LogP contribution >= 0.6 is 11.6 Å². The maximum Gasteiger partial charge on any atom is 0.317 e. The van der Waals surface area contributed by atoms with E-state index in [0.717, 1.165) is 49.0 Å². The van der Waals surface area contributed by atoms with Gasteiger partial charge in [0.05, 0.1) is 6.54 Å². The van der Waals surface area contributed by atoms with Crippen LogP contribution in [0.1, 0.15) is 18.4 Å². The summed E-state index contributed by atoms with van der Waals surface area (Å²) in [4.78, 5) is 15.1. The number of fused-ring (bicyclic) bond motifs is 1. The lowest BCUT2D eigenvalue weighted by Crippen LogP contribution is -2.44. The second-order valence-corrected chi connectivity index (χ2v) is 6.51. The molecule has 0 bridgehead atoms. The Hall–Kier alpha value is -1.56. The molecule has 0 amide bonds. The molecule has 1 fully saturated rings. The van der Waals surface area contributed by atoms with Crippen molar-refractivity contribution in [3.05, 3.63) is 35.0 Å². The lowest BCUT2D eigenvalue weighted by Gasteiger charge is -2.36. The molecule has 1 aliphatic heterocycles. The number of hydrogen-bond donors (Lipinski definition) is 1. The molecule has 0 atom stereocenters. The maximum absolute atomic E-state index is 10.8. The Morgan fingerprint density at radius 2 is 2.09 bits per heavy atom. The van der Waals surface area contributed by atoms with Crippen LogP contribution in [-0.4, -0.2) is 53.6 Å². The van der Waals surface area contributed by atoms with E-state index >= 15 is 0 Å². The summed E-state index contributed by atoms with van der Waals surface area (Å²) in [6, 6.07) is 8.23. The van der Waals surface area contributed by atoms with E-state index in [0.29, 0.717) is 11.3 Å². The van der Waals surface area contributed by atoms with Gasteiger partial charge >= 0.3 is 5.97 Å². The van der Waals surface area contributed by atoms with Gasteiger partial charge in [0.15, 0.2) is 5.22 Å². The Bertz CT molecular complexity index is 692.